The Morgan fingerprint density at radius 1 is 1.21 bits per heavy atom. The smallest absolute Gasteiger partial charge is 0.259 e. The summed E-state index contributed by atoms with van der Waals surface area (Å²) in [4.78, 5) is 15.4. The van der Waals surface area contributed by atoms with Gasteiger partial charge in [-0.3, -0.25) is 9.69 Å². The predicted molar refractivity (Wildman–Crippen MR) is 111 cm³/mol. The summed E-state index contributed by atoms with van der Waals surface area (Å²) in [5.74, 6) is 0.541. The van der Waals surface area contributed by atoms with Gasteiger partial charge in [0, 0.05) is 29.2 Å². The quantitative estimate of drug-likeness (QED) is 0.671. The number of hydrogen-bond donors (Lipinski definition) is 2. The van der Waals surface area contributed by atoms with Gasteiger partial charge in [-0.25, -0.2) is 0 Å². The van der Waals surface area contributed by atoms with Crippen molar-refractivity contribution in [3.63, 3.8) is 0 Å². The van der Waals surface area contributed by atoms with Crippen LogP contribution in [0.15, 0.2) is 40.8 Å². The minimum atomic E-state index is -0.221. The minimum absolute atomic E-state index is 0.205. The molecule has 1 aromatic heterocycles. The standard InChI is InChI=1S/C23H26N2O3/c1-14-6-8-17(9-7-14)24-23(27)21-16(3)28-20-11-10-19(26)18(22(20)21)13-25-12-4-5-15(25)2/h6-11,15,26H,4-5,12-13H2,1-3H3,(H,24,27)/t15-/m0/s1. The average molecular weight is 378 g/mol. The van der Waals surface area contributed by atoms with E-state index in [0.29, 0.717) is 34.9 Å². The fourth-order valence-electron chi connectivity index (χ4n) is 4.06. The molecule has 4 rings (SSSR count). The molecule has 2 N–H and O–H groups in total. The van der Waals surface area contributed by atoms with E-state index in [4.69, 9.17) is 4.42 Å². The maximum absolute atomic E-state index is 13.1. The van der Waals surface area contributed by atoms with Crippen molar-refractivity contribution in [3.8, 4) is 5.75 Å². The van der Waals surface area contributed by atoms with Crippen molar-refractivity contribution in [2.24, 2.45) is 0 Å². The molecule has 0 saturated carbocycles. The lowest BCUT2D eigenvalue weighted by Crippen LogP contribution is -2.26. The third-order valence-electron chi connectivity index (χ3n) is 5.70. The molecule has 146 valence electrons. The highest BCUT2D eigenvalue weighted by molar-refractivity contribution is 6.14. The number of amides is 1. The van der Waals surface area contributed by atoms with Crippen molar-refractivity contribution in [3.05, 3.63) is 58.8 Å². The van der Waals surface area contributed by atoms with Gasteiger partial charge in [0.25, 0.3) is 5.91 Å². The minimum Gasteiger partial charge on any atom is -0.508 e. The zero-order valence-corrected chi connectivity index (χ0v) is 16.6. The molecular formula is C23H26N2O3. The van der Waals surface area contributed by atoms with Crippen LogP contribution >= 0.6 is 0 Å². The Bertz CT molecular complexity index is 1020. The molecule has 5 heteroatoms. The van der Waals surface area contributed by atoms with Crippen molar-refractivity contribution in [2.45, 2.75) is 46.2 Å². The molecule has 0 unspecified atom stereocenters. The second kappa shape index (κ2) is 7.32. The highest BCUT2D eigenvalue weighted by atomic mass is 16.3. The Hall–Kier alpha value is -2.79. The first-order valence-electron chi connectivity index (χ1n) is 9.80. The molecule has 2 heterocycles. The molecule has 0 aliphatic carbocycles. The molecular weight excluding hydrogens is 352 g/mol. The molecule has 1 amide bonds. The van der Waals surface area contributed by atoms with E-state index in [1.54, 1.807) is 19.1 Å². The zero-order chi connectivity index (χ0) is 19.8. The van der Waals surface area contributed by atoms with E-state index in [1.807, 2.05) is 31.2 Å². The first kappa shape index (κ1) is 18.6. The van der Waals surface area contributed by atoms with Gasteiger partial charge in [0.2, 0.25) is 0 Å². The Kier molecular flexibility index (Phi) is 4.85. The van der Waals surface area contributed by atoms with Crippen LogP contribution in [0, 0.1) is 13.8 Å². The number of phenolic OH excluding ortho intramolecular Hbond substituents is 1. The molecule has 1 saturated heterocycles. The molecule has 1 aliphatic rings. The number of phenols is 1. The van der Waals surface area contributed by atoms with E-state index in [-0.39, 0.29) is 11.7 Å². The fourth-order valence-corrected chi connectivity index (χ4v) is 4.06. The maximum atomic E-state index is 13.1. The van der Waals surface area contributed by atoms with E-state index in [0.717, 1.165) is 36.2 Å². The SMILES string of the molecule is Cc1ccc(NC(=O)c2c(C)oc3ccc(O)c(CN4CCC[C@@H]4C)c23)cc1. The molecule has 1 aliphatic heterocycles. The number of nitrogens with zero attached hydrogens (tertiary/aromatic N) is 1. The number of carbonyl (C=O) groups excluding carboxylic acids is 1. The summed E-state index contributed by atoms with van der Waals surface area (Å²) in [6.07, 6.45) is 2.31. The Morgan fingerprint density at radius 2 is 1.96 bits per heavy atom. The summed E-state index contributed by atoms with van der Waals surface area (Å²) in [5, 5.41) is 14.3. The topological polar surface area (TPSA) is 65.7 Å². The Labute approximate surface area is 165 Å². The number of benzene rings is 2. The van der Waals surface area contributed by atoms with Crippen LogP contribution in [0.2, 0.25) is 0 Å². The molecule has 5 nitrogen and oxygen atoms in total. The normalized spacial score (nSPS) is 17.3. The molecule has 2 aromatic carbocycles. The van der Waals surface area contributed by atoms with Crippen molar-refractivity contribution < 1.29 is 14.3 Å². The molecule has 0 spiro atoms. The van der Waals surface area contributed by atoms with Gasteiger partial charge in [0.15, 0.2) is 0 Å². The number of likely N-dealkylation sites (tertiary alicyclic amines) is 1. The molecule has 28 heavy (non-hydrogen) atoms. The van der Waals surface area contributed by atoms with Gasteiger partial charge in [-0.05, 0) is 64.4 Å². The Morgan fingerprint density at radius 3 is 2.64 bits per heavy atom. The molecule has 0 radical (unpaired) electrons. The second-order valence-corrected chi connectivity index (χ2v) is 7.75. The first-order valence-corrected chi connectivity index (χ1v) is 9.80. The lowest BCUT2D eigenvalue weighted by molar-refractivity contribution is 0.102. The second-order valence-electron chi connectivity index (χ2n) is 7.75. The van der Waals surface area contributed by atoms with Gasteiger partial charge >= 0.3 is 0 Å². The van der Waals surface area contributed by atoms with Gasteiger partial charge in [0.1, 0.15) is 17.1 Å². The molecule has 3 aromatic rings. The fraction of sp³-hybridized carbons (Fsp3) is 0.348. The number of furan rings is 1. The number of aryl methyl sites for hydroxylation is 2. The van der Waals surface area contributed by atoms with E-state index in [2.05, 4.69) is 17.1 Å². The number of anilines is 1. The lowest BCUT2D eigenvalue weighted by atomic mass is 10.0. The van der Waals surface area contributed by atoms with E-state index < -0.39 is 0 Å². The van der Waals surface area contributed by atoms with Gasteiger partial charge in [-0.1, -0.05) is 17.7 Å². The van der Waals surface area contributed by atoms with Crippen LogP contribution in [-0.2, 0) is 6.54 Å². The highest BCUT2D eigenvalue weighted by Crippen LogP contribution is 2.36. The first-order chi connectivity index (χ1) is 13.4. The van der Waals surface area contributed by atoms with Crippen molar-refractivity contribution in [1.29, 1.82) is 0 Å². The lowest BCUT2D eigenvalue weighted by Gasteiger charge is -2.22. The summed E-state index contributed by atoms with van der Waals surface area (Å²) in [7, 11) is 0. The van der Waals surface area contributed by atoms with Gasteiger partial charge in [-0.15, -0.1) is 0 Å². The number of fused-ring (bicyclic) bond motifs is 1. The van der Waals surface area contributed by atoms with Crippen LogP contribution in [-0.4, -0.2) is 28.5 Å². The van der Waals surface area contributed by atoms with Crippen LogP contribution < -0.4 is 5.32 Å². The van der Waals surface area contributed by atoms with Crippen LogP contribution in [0.5, 0.6) is 5.75 Å². The number of nitrogens with one attached hydrogen (secondary N) is 1. The average Bonchev–Trinajstić information content (AvgIpc) is 3.22. The molecule has 1 atom stereocenters. The van der Waals surface area contributed by atoms with Crippen molar-refractivity contribution >= 4 is 22.6 Å². The van der Waals surface area contributed by atoms with Gasteiger partial charge in [0.05, 0.1) is 5.56 Å². The third-order valence-corrected chi connectivity index (χ3v) is 5.70. The van der Waals surface area contributed by atoms with Crippen molar-refractivity contribution in [2.75, 3.05) is 11.9 Å². The van der Waals surface area contributed by atoms with Gasteiger partial charge in [-0.2, -0.15) is 0 Å². The monoisotopic (exact) mass is 378 g/mol. The van der Waals surface area contributed by atoms with Crippen LogP contribution in [0.25, 0.3) is 11.0 Å². The summed E-state index contributed by atoms with van der Waals surface area (Å²) in [5.41, 5.74) is 3.76. The summed E-state index contributed by atoms with van der Waals surface area (Å²) in [6, 6.07) is 11.5. The van der Waals surface area contributed by atoms with E-state index in [1.165, 1.54) is 0 Å². The summed E-state index contributed by atoms with van der Waals surface area (Å²) < 4.78 is 5.87. The van der Waals surface area contributed by atoms with Crippen LogP contribution in [0.4, 0.5) is 5.69 Å². The highest BCUT2D eigenvalue weighted by Gasteiger charge is 2.26. The number of hydrogen-bond acceptors (Lipinski definition) is 4. The number of rotatable bonds is 4. The third kappa shape index (κ3) is 3.38. The van der Waals surface area contributed by atoms with Crippen molar-refractivity contribution in [1.82, 2.24) is 4.90 Å². The largest absolute Gasteiger partial charge is 0.508 e. The number of carbonyl (C=O) groups is 1. The van der Waals surface area contributed by atoms with E-state index in [9.17, 15) is 9.90 Å². The molecule has 1 fully saturated rings. The van der Waals surface area contributed by atoms with Crippen LogP contribution in [0.3, 0.4) is 0 Å². The Balaban J connectivity index is 1.75. The zero-order valence-electron chi connectivity index (χ0n) is 16.6. The van der Waals surface area contributed by atoms with E-state index >= 15 is 0 Å². The summed E-state index contributed by atoms with van der Waals surface area (Å²) >= 11 is 0. The maximum Gasteiger partial charge on any atom is 0.259 e. The number of aromatic hydroxyl groups is 1. The van der Waals surface area contributed by atoms with Gasteiger partial charge < -0.3 is 14.8 Å². The molecule has 0 bridgehead atoms. The van der Waals surface area contributed by atoms with Crippen LogP contribution in [0.1, 0.15) is 47.0 Å². The predicted octanol–water partition coefficient (Wildman–Crippen LogP) is 4.99. The summed E-state index contributed by atoms with van der Waals surface area (Å²) in [6.45, 7) is 7.61.